The zero-order chi connectivity index (χ0) is 13.7. The molecule has 3 nitrogen and oxygen atoms in total. The molecule has 1 aromatic rings. The first-order valence-corrected chi connectivity index (χ1v) is 5.14. The molecule has 0 fully saturated rings. The average molecular weight is 263 g/mol. The van der Waals surface area contributed by atoms with Crippen LogP contribution in [0.3, 0.4) is 0 Å². The Morgan fingerprint density at radius 3 is 2.72 bits per heavy atom. The summed E-state index contributed by atoms with van der Waals surface area (Å²) in [6, 6.07) is 4.48. The first kappa shape index (κ1) is 13.8. The van der Waals surface area contributed by atoms with Gasteiger partial charge in [0.2, 0.25) is 0 Å². The largest absolute Gasteiger partial charge is 0.298 e. The van der Waals surface area contributed by atoms with Gasteiger partial charge in [-0.15, -0.1) is 0 Å². The van der Waals surface area contributed by atoms with Gasteiger partial charge >= 0.3 is 0 Å². The van der Waals surface area contributed by atoms with Crippen molar-refractivity contribution in [2.24, 2.45) is 4.99 Å². The topological polar surface area (TPSA) is 53.2 Å². The summed E-state index contributed by atoms with van der Waals surface area (Å²) in [5, 5.41) is 8.26. The fraction of sp³-hybridized carbons (Fsp3) is 0. The highest BCUT2D eigenvalue weighted by atomic mass is 35.5. The lowest BCUT2D eigenvalue weighted by molar-refractivity contribution is 0.112. The van der Waals surface area contributed by atoms with Crippen LogP contribution in [0.2, 0.25) is 5.02 Å². The minimum atomic E-state index is -0.808. The van der Waals surface area contributed by atoms with E-state index in [9.17, 15) is 9.18 Å². The van der Waals surface area contributed by atoms with Crippen LogP contribution in [0.15, 0.2) is 36.0 Å². The number of nitriles is 1. The van der Waals surface area contributed by atoms with Crippen molar-refractivity contribution in [3.05, 3.63) is 53.0 Å². The Kier molecular flexibility index (Phi) is 4.52. The summed E-state index contributed by atoms with van der Waals surface area (Å²) in [6.45, 7) is 7.00. The van der Waals surface area contributed by atoms with Crippen molar-refractivity contribution in [3.8, 4) is 6.07 Å². The maximum Gasteiger partial charge on any atom is 0.153 e. The van der Waals surface area contributed by atoms with Crippen molar-refractivity contribution in [3.63, 3.8) is 0 Å². The molecule has 0 atom stereocenters. The van der Waals surface area contributed by atoms with E-state index in [4.69, 9.17) is 16.9 Å². The van der Waals surface area contributed by atoms with Crippen molar-refractivity contribution >= 4 is 29.7 Å². The molecule has 0 aliphatic rings. The number of nitrogens with zero attached hydrogens (tertiary/aromatic N) is 2. The molecule has 5 heteroatoms. The van der Waals surface area contributed by atoms with E-state index < -0.39 is 5.82 Å². The van der Waals surface area contributed by atoms with Crippen LogP contribution in [-0.2, 0) is 0 Å². The van der Waals surface area contributed by atoms with Gasteiger partial charge in [-0.25, -0.2) is 9.38 Å². The van der Waals surface area contributed by atoms with Gasteiger partial charge in [0.05, 0.1) is 10.6 Å². The van der Waals surface area contributed by atoms with Crippen molar-refractivity contribution in [1.29, 1.82) is 5.26 Å². The van der Waals surface area contributed by atoms with E-state index in [1.54, 1.807) is 6.07 Å². The third-order valence-electron chi connectivity index (χ3n) is 2.09. The van der Waals surface area contributed by atoms with Crippen LogP contribution >= 0.6 is 11.6 Å². The molecule has 0 saturated carbocycles. The molecule has 0 aliphatic carbocycles. The molecule has 0 aromatic heterocycles. The van der Waals surface area contributed by atoms with E-state index in [0.717, 1.165) is 0 Å². The van der Waals surface area contributed by atoms with E-state index in [2.05, 4.69) is 18.2 Å². The predicted octanol–water partition coefficient (Wildman–Crippen LogP) is 3.41. The molecule has 0 spiro atoms. The standard InChI is InChI=1S/C13H8ClFN2O/c1-8(6-17-9(2)5-16)11-4-3-10(7-18)13(15)12(11)14/h3-4,6-7H,1-2H2/b17-6+. The molecule has 0 aliphatic heterocycles. The summed E-state index contributed by atoms with van der Waals surface area (Å²) in [7, 11) is 0. The normalized spacial score (nSPS) is 10.1. The summed E-state index contributed by atoms with van der Waals surface area (Å²) in [4.78, 5) is 14.2. The second kappa shape index (κ2) is 5.89. The molecule has 0 unspecified atom stereocenters. The van der Waals surface area contributed by atoms with Crippen molar-refractivity contribution < 1.29 is 9.18 Å². The molecule has 18 heavy (non-hydrogen) atoms. The highest BCUT2D eigenvalue weighted by molar-refractivity contribution is 6.34. The molecule has 0 heterocycles. The van der Waals surface area contributed by atoms with Gasteiger partial charge in [-0.1, -0.05) is 30.8 Å². The van der Waals surface area contributed by atoms with Crippen LogP contribution in [0.5, 0.6) is 0 Å². The summed E-state index contributed by atoms with van der Waals surface area (Å²) in [6.07, 6.45) is 1.63. The van der Waals surface area contributed by atoms with Gasteiger partial charge in [-0.2, -0.15) is 5.26 Å². The summed E-state index contributed by atoms with van der Waals surface area (Å²) in [5.41, 5.74) is 0.481. The Labute approximate surface area is 109 Å². The second-order valence-electron chi connectivity index (χ2n) is 3.29. The quantitative estimate of drug-likeness (QED) is 0.474. The van der Waals surface area contributed by atoms with Crippen molar-refractivity contribution in [2.75, 3.05) is 0 Å². The third-order valence-corrected chi connectivity index (χ3v) is 2.46. The maximum absolute atomic E-state index is 13.6. The lowest BCUT2D eigenvalue weighted by Crippen LogP contribution is -1.94. The number of hydrogen-bond donors (Lipinski definition) is 0. The number of carbonyl (C=O) groups excluding carboxylic acids is 1. The molecular weight excluding hydrogens is 255 g/mol. The number of benzene rings is 1. The SMILES string of the molecule is C=C(C#N)/N=C/C(=C)c1ccc(C=O)c(F)c1Cl. The molecule has 1 rings (SSSR count). The van der Waals surface area contributed by atoms with E-state index in [0.29, 0.717) is 17.4 Å². The highest BCUT2D eigenvalue weighted by Crippen LogP contribution is 2.26. The zero-order valence-corrected chi connectivity index (χ0v) is 10.0. The van der Waals surface area contributed by atoms with Crippen LogP contribution in [0.25, 0.3) is 5.57 Å². The van der Waals surface area contributed by atoms with Crippen LogP contribution in [0.4, 0.5) is 4.39 Å². The van der Waals surface area contributed by atoms with Crippen LogP contribution in [0, 0.1) is 17.1 Å². The predicted molar refractivity (Wildman–Crippen MR) is 69.1 cm³/mol. The molecular formula is C13H8ClFN2O. The average Bonchev–Trinajstić information content (AvgIpc) is 2.38. The first-order valence-electron chi connectivity index (χ1n) is 4.76. The van der Waals surface area contributed by atoms with Gasteiger partial charge in [0.1, 0.15) is 11.8 Å². The number of aldehydes is 1. The second-order valence-corrected chi connectivity index (χ2v) is 3.67. The van der Waals surface area contributed by atoms with Gasteiger partial charge < -0.3 is 0 Å². The number of halogens is 2. The molecule has 0 bridgehead atoms. The minimum Gasteiger partial charge on any atom is -0.298 e. The third kappa shape index (κ3) is 2.90. The van der Waals surface area contributed by atoms with E-state index >= 15 is 0 Å². The van der Waals surface area contributed by atoms with Crippen LogP contribution in [-0.4, -0.2) is 12.5 Å². The van der Waals surface area contributed by atoms with Crippen LogP contribution in [0.1, 0.15) is 15.9 Å². The molecule has 0 radical (unpaired) electrons. The Morgan fingerprint density at radius 1 is 1.50 bits per heavy atom. The Balaban J connectivity index is 3.13. The van der Waals surface area contributed by atoms with Gasteiger partial charge in [0.15, 0.2) is 12.1 Å². The van der Waals surface area contributed by atoms with Crippen molar-refractivity contribution in [1.82, 2.24) is 0 Å². The monoisotopic (exact) mass is 262 g/mol. The summed E-state index contributed by atoms with van der Waals surface area (Å²) >= 11 is 5.78. The van der Waals surface area contributed by atoms with Gasteiger partial charge in [0.25, 0.3) is 0 Å². The Morgan fingerprint density at radius 2 is 2.17 bits per heavy atom. The molecule has 1 aromatic carbocycles. The number of aliphatic imine (C=N–C) groups is 1. The minimum absolute atomic E-state index is 0.00254. The number of carbonyl (C=O) groups is 1. The van der Waals surface area contributed by atoms with E-state index in [1.807, 2.05) is 0 Å². The lowest BCUT2D eigenvalue weighted by atomic mass is 10.1. The molecule has 90 valence electrons. The highest BCUT2D eigenvalue weighted by Gasteiger charge is 2.12. The zero-order valence-electron chi connectivity index (χ0n) is 9.28. The first-order chi connectivity index (χ1) is 8.51. The Bertz CT molecular complexity index is 600. The molecule has 0 amide bonds. The van der Waals surface area contributed by atoms with E-state index in [1.165, 1.54) is 18.3 Å². The Hall–Kier alpha value is -2.25. The lowest BCUT2D eigenvalue weighted by Gasteiger charge is -2.05. The summed E-state index contributed by atoms with van der Waals surface area (Å²) in [5.74, 6) is -0.808. The number of rotatable bonds is 4. The van der Waals surface area contributed by atoms with Gasteiger partial charge in [-0.05, 0) is 11.6 Å². The fourth-order valence-electron chi connectivity index (χ4n) is 1.16. The maximum atomic E-state index is 13.6. The number of allylic oxidation sites excluding steroid dienone is 2. The summed E-state index contributed by atoms with van der Waals surface area (Å²) < 4.78 is 13.6. The molecule has 0 saturated heterocycles. The fourth-order valence-corrected chi connectivity index (χ4v) is 1.45. The van der Waals surface area contributed by atoms with Crippen LogP contribution < -0.4 is 0 Å². The van der Waals surface area contributed by atoms with Gasteiger partial charge in [0, 0.05) is 11.8 Å². The smallest absolute Gasteiger partial charge is 0.153 e. The van der Waals surface area contributed by atoms with Gasteiger partial charge in [-0.3, -0.25) is 4.79 Å². The van der Waals surface area contributed by atoms with E-state index in [-0.39, 0.29) is 16.3 Å². The van der Waals surface area contributed by atoms with Crippen molar-refractivity contribution in [2.45, 2.75) is 0 Å². The number of hydrogen-bond acceptors (Lipinski definition) is 3. The molecule has 0 N–H and O–H groups in total.